The summed E-state index contributed by atoms with van der Waals surface area (Å²) in [4.78, 5) is 27.2. The Morgan fingerprint density at radius 3 is 2.13 bits per heavy atom. The summed E-state index contributed by atoms with van der Waals surface area (Å²) in [6.45, 7) is 1.76. The van der Waals surface area contributed by atoms with Crippen LogP contribution >= 0.6 is 0 Å². The van der Waals surface area contributed by atoms with Crippen LogP contribution in [0.2, 0.25) is 0 Å². The van der Waals surface area contributed by atoms with E-state index < -0.39 is 17.8 Å². The molecule has 164 valence electrons. The molecule has 4 rings (SSSR count). The normalized spacial score (nSPS) is 16.2. The maximum absolute atomic E-state index is 12.8. The Hall–Kier alpha value is -3.23. The monoisotopic (exact) mass is 432 g/mol. The predicted octanol–water partition coefficient (Wildman–Crippen LogP) is 4.84. The van der Waals surface area contributed by atoms with Crippen LogP contribution in [0.3, 0.4) is 0 Å². The number of rotatable bonds is 5. The number of anilines is 3. The van der Waals surface area contributed by atoms with Crippen LogP contribution in [0.4, 0.5) is 35.0 Å². The first kappa shape index (κ1) is 21.0. The van der Waals surface area contributed by atoms with E-state index in [1.54, 1.807) is 12.1 Å². The maximum Gasteiger partial charge on any atom is 0.416 e. The summed E-state index contributed by atoms with van der Waals surface area (Å²) >= 11 is 0. The number of nitrogens with zero attached hydrogens (tertiary/aromatic N) is 1. The van der Waals surface area contributed by atoms with Gasteiger partial charge in [-0.3, -0.25) is 4.79 Å². The highest BCUT2D eigenvalue weighted by Gasteiger charge is 2.30. The van der Waals surface area contributed by atoms with Gasteiger partial charge in [0.2, 0.25) is 0 Å². The first-order valence-electron chi connectivity index (χ1n) is 10.2. The zero-order chi connectivity index (χ0) is 22.0. The number of amides is 3. The average molecular weight is 432 g/mol. The van der Waals surface area contributed by atoms with Gasteiger partial charge < -0.3 is 20.9 Å². The van der Waals surface area contributed by atoms with E-state index in [1.165, 1.54) is 12.1 Å². The van der Waals surface area contributed by atoms with E-state index in [-0.39, 0.29) is 17.6 Å². The highest BCUT2D eigenvalue weighted by molar-refractivity contribution is 6.04. The molecule has 2 fully saturated rings. The molecule has 0 radical (unpaired) electrons. The number of hydrogen-bond donors (Lipinski definition) is 3. The van der Waals surface area contributed by atoms with Gasteiger partial charge in [0.25, 0.3) is 5.91 Å². The molecule has 3 N–H and O–H groups in total. The minimum Gasteiger partial charge on any atom is -0.371 e. The molecular weight excluding hydrogens is 409 g/mol. The van der Waals surface area contributed by atoms with Crippen LogP contribution in [0.5, 0.6) is 0 Å². The van der Waals surface area contributed by atoms with E-state index in [2.05, 4.69) is 20.9 Å². The molecule has 1 aliphatic heterocycles. The Morgan fingerprint density at radius 2 is 1.52 bits per heavy atom. The maximum atomic E-state index is 12.8. The molecule has 1 saturated heterocycles. The van der Waals surface area contributed by atoms with E-state index in [0.717, 1.165) is 56.6 Å². The molecule has 2 aromatic rings. The van der Waals surface area contributed by atoms with Gasteiger partial charge in [0.1, 0.15) is 0 Å². The predicted molar refractivity (Wildman–Crippen MR) is 112 cm³/mol. The fourth-order valence-corrected chi connectivity index (χ4v) is 3.56. The standard InChI is InChI=1S/C22H23F3N4O2/c23-22(24,25)14-3-5-16(6-4-14)27-21(31)28-17-9-10-19(29-11-1-2-12-29)18(13-17)20(30)26-15-7-8-15/h3-6,9-10,13,15H,1-2,7-8,11-12H2,(H,26,30)(H2,27,28,31). The third kappa shape index (κ3) is 5.28. The van der Waals surface area contributed by atoms with Gasteiger partial charge in [0.05, 0.1) is 11.1 Å². The lowest BCUT2D eigenvalue weighted by molar-refractivity contribution is -0.137. The number of benzene rings is 2. The largest absolute Gasteiger partial charge is 0.416 e. The minimum atomic E-state index is -4.44. The Labute approximate surface area is 177 Å². The zero-order valence-electron chi connectivity index (χ0n) is 16.8. The van der Waals surface area contributed by atoms with Crippen LogP contribution < -0.4 is 20.9 Å². The van der Waals surface area contributed by atoms with E-state index in [1.807, 2.05) is 6.07 Å². The molecule has 2 aliphatic rings. The molecule has 31 heavy (non-hydrogen) atoms. The first-order chi connectivity index (χ1) is 14.8. The van der Waals surface area contributed by atoms with Crippen molar-refractivity contribution in [2.75, 3.05) is 28.6 Å². The summed E-state index contributed by atoms with van der Waals surface area (Å²) in [5.74, 6) is -0.170. The highest BCUT2D eigenvalue weighted by Crippen LogP contribution is 2.31. The van der Waals surface area contributed by atoms with Crippen LogP contribution in [0.1, 0.15) is 41.6 Å². The quantitative estimate of drug-likeness (QED) is 0.633. The molecule has 3 amide bonds. The van der Waals surface area contributed by atoms with Crippen LogP contribution in [0, 0.1) is 0 Å². The second kappa shape index (κ2) is 8.49. The molecule has 0 bridgehead atoms. The summed E-state index contributed by atoms with van der Waals surface area (Å²) in [7, 11) is 0. The van der Waals surface area contributed by atoms with E-state index in [4.69, 9.17) is 0 Å². The van der Waals surface area contributed by atoms with Crippen molar-refractivity contribution < 1.29 is 22.8 Å². The second-order valence-corrected chi connectivity index (χ2v) is 7.83. The Morgan fingerprint density at radius 1 is 0.903 bits per heavy atom. The van der Waals surface area contributed by atoms with E-state index >= 15 is 0 Å². The Bertz CT molecular complexity index is 966. The van der Waals surface area contributed by atoms with Crippen molar-refractivity contribution in [3.8, 4) is 0 Å². The molecule has 2 aromatic carbocycles. The first-order valence-corrected chi connectivity index (χ1v) is 10.2. The molecule has 1 aliphatic carbocycles. The van der Waals surface area contributed by atoms with Crippen molar-refractivity contribution in [2.45, 2.75) is 37.9 Å². The van der Waals surface area contributed by atoms with Crippen LogP contribution in [0.15, 0.2) is 42.5 Å². The summed E-state index contributed by atoms with van der Waals surface area (Å²) in [5, 5.41) is 8.13. The van der Waals surface area contributed by atoms with Gasteiger partial charge in [-0.05, 0) is 68.1 Å². The molecule has 1 saturated carbocycles. The number of halogens is 3. The van der Waals surface area contributed by atoms with Crippen molar-refractivity contribution in [1.29, 1.82) is 0 Å². The number of nitrogens with one attached hydrogen (secondary N) is 3. The van der Waals surface area contributed by atoms with Crippen LogP contribution in [-0.4, -0.2) is 31.1 Å². The number of alkyl halides is 3. The average Bonchev–Trinajstić information content (AvgIpc) is 3.36. The number of carbonyl (C=O) groups is 2. The molecule has 9 heteroatoms. The van der Waals surface area contributed by atoms with Crippen molar-refractivity contribution in [3.05, 3.63) is 53.6 Å². The SMILES string of the molecule is O=C(Nc1ccc(C(F)(F)F)cc1)Nc1ccc(N2CCCC2)c(C(=O)NC2CC2)c1. The van der Waals surface area contributed by atoms with Gasteiger partial charge in [-0.15, -0.1) is 0 Å². The van der Waals surface area contributed by atoms with Crippen molar-refractivity contribution in [3.63, 3.8) is 0 Å². The van der Waals surface area contributed by atoms with Gasteiger partial charge in [0, 0.05) is 36.2 Å². The van der Waals surface area contributed by atoms with Crippen molar-refractivity contribution in [2.24, 2.45) is 0 Å². The molecule has 1 heterocycles. The summed E-state index contributed by atoms with van der Waals surface area (Å²) < 4.78 is 38.0. The fraction of sp³-hybridized carbons (Fsp3) is 0.364. The summed E-state index contributed by atoms with van der Waals surface area (Å²) in [6, 6.07) is 8.95. The zero-order valence-corrected chi connectivity index (χ0v) is 16.8. The van der Waals surface area contributed by atoms with Crippen LogP contribution in [0.25, 0.3) is 0 Å². The van der Waals surface area contributed by atoms with E-state index in [9.17, 15) is 22.8 Å². The molecular formula is C22H23F3N4O2. The molecule has 6 nitrogen and oxygen atoms in total. The smallest absolute Gasteiger partial charge is 0.371 e. The summed E-state index contributed by atoms with van der Waals surface area (Å²) in [5.41, 5.74) is 1.20. The van der Waals surface area contributed by atoms with Gasteiger partial charge in [0.15, 0.2) is 0 Å². The van der Waals surface area contributed by atoms with Crippen LogP contribution in [-0.2, 0) is 6.18 Å². The van der Waals surface area contributed by atoms with Gasteiger partial charge in [-0.2, -0.15) is 13.2 Å². The van der Waals surface area contributed by atoms with Gasteiger partial charge in [-0.25, -0.2) is 4.79 Å². The molecule has 0 unspecified atom stereocenters. The number of hydrogen-bond acceptors (Lipinski definition) is 3. The third-order valence-corrected chi connectivity index (χ3v) is 5.33. The van der Waals surface area contributed by atoms with Gasteiger partial charge >= 0.3 is 12.2 Å². The summed E-state index contributed by atoms with van der Waals surface area (Å²) in [6.07, 6.45) is -0.357. The van der Waals surface area contributed by atoms with Crippen molar-refractivity contribution in [1.82, 2.24) is 5.32 Å². The Balaban J connectivity index is 1.47. The Kier molecular flexibility index (Phi) is 5.75. The molecule has 0 aromatic heterocycles. The lowest BCUT2D eigenvalue weighted by Crippen LogP contribution is -2.29. The minimum absolute atomic E-state index is 0.170. The lowest BCUT2D eigenvalue weighted by atomic mass is 10.1. The number of urea groups is 1. The number of carbonyl (C=O) groups excluding carboxylic acids is 2. The lowest BCUT2D eigenvalue weighted by Gasteiger charge is -2.22. The second-order valence-electron chi connectivity index (χ2n) is 7.83. The van der Waals surface area contributed by atoms with E-state index in [0.29, 0.717) is 11.3 Å². The fourth-order valence-electron chi connectivity index (χ4n) is 3.56. The van der Waals surface area contributed by atoms with Gasteiger partial charge in [-0.1, -0.05) is 0 Å². The molecule has 0 atom stereocenters. The topological polar surface area (TPSA) is 73.5 Å². The third-order valence-electron chi connectivity index (χ3n) is 5.33. The molecule has 0 spiro atoms. The highest BCUT2D eigenvalue weighted by atomic mass is 19.4. The van der Waals surface area contributed by atoms with Crippen molar-refractivity contribution >= 4 is 29.0 Å².